The summed E-state index contributed by atoms with van der Waals surface area (Å²) < 4.78 is 38.8. The number of halogens is 2. The van der Waals surface area contributed by atoms with Crippen LogP contribution in [0.25, 0.3) is 17.2 Å². The van der Waals surface area contributed by atoms with Crippen LogP contribution in [0.1, 0.15) is 11.4 Å². The first-order valence-corrected chi connectivity index (χ1v) is 11.1. The van der Waals surface area contributed by atoms with Crippen LogP contribution in [0.15, 0.2) is 48.8 Å². The van der Waals surface area contributed by atoms with Crippen molar-refractivity contribution in [2.45, 2.75) is 13.3 Å². The third-order valence-corrected chi connectivity index (χ3v) is 5.15. The zero-order valence-corrected chi connectivity index (χ0v) is 19.6. The van der Waals surface area contributed by atoms with Gasteiger partial charge in [-0.25, -0.2) is 23.7 Å². The molecule has 4 rings (SSSR count). The Kier molecular flexibility index (Phi) is 8.82. The molecule has 0 aliphatic rings. The lowest BCUT2D eigenvalue weighted by molar-refractivity contribution is 0.398. The average molecular weight is 488 g/mol. The molecule has 2 N–H and O–H groups in total. The highest BCUT2D eigenvalue weighted by molar-refractivity contribution is 8.00. The molecule has 0 aliphatic heterocycles. The second-order valence-electron chi connectivity index (χ2n) is 6.70. The fourth-order valence-electron chi connectivity index (χ4n) is 2.89. The predicted molar refractivity (Wildman–Crippen MR) is 126 cm³/mol. The van der Waals surface area contributed by atoms with Gasteiger partial charge in [0, 0.05) is 37.7 Å². The number of aryl methyl sites for hydroxylation is 2. The molecule has 0 aliphatic carbocycles. The molecular weight excluding hydrogens is 464 g/mol. The zero-order valence-electron chi connectivity index (χ0n) is 18.7. The summed E-state index contributed by atoms with van der Waals surface area (Å²) >= 11 is 1.30. The lowest BCUT2D eigenvalue weighted by atomic mass is 10.2. The molecule has 0 bridgehead atoms. The van der Waals surface area contributed by atoms with Gasteiger partial charge in [-0.05, 0) is 42.6 Å². The Labute approximate surface area is 199 Å². The minimum absolute atomic E-state index is 0.156. The molecule has 9 nitrogen and oxygen atoms in total. The van der Waals surface area contributed by atoms with Crippen molar-refractivity contribution in [3.63, 3.8) is 0 Å². The van der Waals surface area contributed by atoms with Gasteiger partial charge in [-0.2, -0.15) is 0 Å². The number of aliphatic hydroxyl groups excluding tert-OH is 1. The molecule has 0 unspecified atom stereocenters. The molecule has 0 amide bonds. The molecule has 3 heterocycles. The highest BCUT2D eigenvalue weighted by Crippen LogP contribution is 2.29. The summed E-state index contributed by atoms with van der Waals surface area (Å²) in [4.78, 5) is 12.9. The Bertz CT molecular complexity index is 1200. The summed E-state index contributed by atoms with van der Waals surface area (Å²) in [6.45, 7) is 1.92. The van der Waals surface area contributed by atoms with E-state index in [9.17, 15) is 8.78 Å². The Hall–Kier alpha value is -3.64. The smallest absolute Gasteiger partial charge is 0.239 e. The van der Waals surface area contributed by atoms with Crippen molar-refractivity contribution in [2.75, 3.05) is 24.7 Å². The SMILES string of the molecule is CO.COc1cccc(-c2nnc(NSCCc3ncc(C)cn3)n2-c2c(F)cccc2F)n1. The monoisotopic (exact) mass is 487 g/mol. The fourth-order valence-corrected chi connectivity index (χ4v) is 3.54. The number of para-hydroxylation sites is 1. The standard InChI is InChI=1S/C21H19F2N7OS.CH4O/c1-13-11-24-17(25-12-13)9-10-32-29-21-28-27-20(16-7-4-8-18(26-16)31-2)30(21)19-14(22)5-3-6-15(19)23;1-2/h3-8,11-12H,9-10H2,1-2H3,(H,28,29);2H,1H3. The molecule has 0 saturated carbocycles. The summed E-state index contributed by atoms with van der Waals surface area (Å²) in [5.41, 5.74) is 1.03. The molecule has 0 fully saturated rings. The predicted octanol–water partition coefficient (Wildman–Crippen LogP) is 3.63. The van der Waals surface area contributed by atoms with E-state index >= 15 is 0 Å². The summed E-state index contributed by atoms with van der Waals surface area (Å²) in [5, 5.41) is 15.2. The second kappa shape index (κ2) is 12.0. The van der Waals surface area contributed by atoms with Gasteiger partial charge in [-0.1, -0.05) is 12.1 Å². The molecule has 12 heteroatoms. The summed E-state index contributed by atoms with van der Waals surface area (Å²) in [6, 6.07) is 8.68. The van der Waals surface area contributed by atoms with Crippen molar-refractivity contribution in [1.29, 1.82) is 0 Å². The lowest BCUT2D eigenvalue weighted by Gasteiger charge is -2.13. The second-order valence-corrected chi connectivity index (χ2v) is 7.60. The van der Waals surface area contributed by atoms with Crippen LogP contribution in [-0.2, 0) is 6.42 Å². The van der Waals surface area contributed by atoms with Crippen molar-refractivity contribution in [3.05, 3.63) is 71.8 Å². The molecule has 4 aromatic rings. The number of hydrogen-bond acceptors (Lipinski definition) is 9. The molecule has 0 atom stereocenters. The van der Waals surface area contributed by atoms with Gasteiger partial charge in [0.15, 0.2) is 5.82 Å². The number of benzene rings is 1. The van der Waals surface area contributed by atoms with Gasteiger partial charge in [0.2, 0.25) is 11.8 Å². The van der Waals surface area contributed by atoms with Crippen LogP contribution in [0.3, 0.4) is 0 Å². The first kappa shape index (κ1) is 25.0. The van der Waals surface area contributed by atoms with Gasteiger partial charge >= 0.3 is 0 Å². The van der Waals surface area contributed by atoms with Crippen LogP contribution in [0, 0.1) is 18.6 Å². The molecule has 1 aromatic carbocycles. The highest BCUT2D eigenvalue weighted by Gasteiger charge is 2.22. The van der Waals surface area contributed by atoms with E-state index in [4.69, 9.17) is 9.84 Å². The van der Waals surface area contributed by atoms with Crippen molar-refractivity contribution in [3.8, 4) is 23.1 Å². The summed E-state index contributed by atoms with van der Waals surface area (Å²) in [6.07, 6.45) is 4.11. The molecule has 178 valence electrons. The largest absolute Gasteiger partial charge is 0.481 e. The van der Waals surface area contributed by atoms with E-state index in [2.05, 4.69) is 29.9 Å². The maximum absolute atomic E-state index is 14.7. The number of pyridine rings is 1. The Morgan fingerprint density at radius 2 is 1.71 bits per heavy atom. The summed E-state index contributed by atoms with van der Waals surface area (Å²) in [5.74, 6) is 0.454. The van der Waals surface area contributed by atoms with E-state index < -0.39 is 11.6 Å². The number of aliphatic hydroxyl groups is 1. The van der Waals surface area contributed by atoms with Gasteiger partial charge in [0.05, 0.1) is 7.11 Å². The Morgan fingerprint density at radius 3 is 2.38 bits per heavy atom. The number of anilines is 1. The minimum atomic E-state index is -0.755. The lowest BCUT2D eigenvalue weighted by Crippen LogP contribution is -2.08. The van der Waals surface area contributed by atoms with E-state index in [0.29, 0.717) is 29.6 Å². The van der Waals surface area contributed by atoms with Gasteiger partial charge in [-0.15, -0.1) is 10.2 Å². The van der Waals surface area contributed by atoms with Crippen LogP contribution < -0.4 is 9.46 Å². The van der Waals surface area contributed by atoms with E-state index in [1.165, 1.54) is 41.8 Å². The van der Waals surface area contributed by atoms with E-state index in [0.717, 1.165) is 12.7 Å². The van der Waals surface area contributed by atoms with Crippen LogP contribution >= 0.6 is 11.9 Å². The van der Waals surface area contributed by atoms with E-state index in [-0.39, 0.29) is 17.5 Å². The van der Waals surface area contributed by atoms with E-state index in [1.807, 2.05) is 6.92 Å². The van der Waals surface area contributed by atoms with Crippen molar-refractivity contribution < 1.29 is 18.6 Å². The zero-order chi connectivity index (χ0) is 24.5. The third-order valence-electron chi connectivity index (χ3n) is 4.41. The van der Waals surface area contributed by atoms with Crippen LogP contribution in [0.5, 0.6) is 5.88 Å². The number of rotatable bonds is 8. The number of methoxy groups -OCH3 is 1. The van der Waals surface area contributed by atoms with Gasteiger partial charge in [0.1, 0.15) is 28.8 Å². The quantitative estimate of drug-likeness (QED) is 0.284. The minimum Gasteiger partial charge on any atom is -0.481 e. The molecule has 34 heavy (non-hydrogen) atoms. The van der Waals surface area contributed by atoms with E-state index in [1.54, 1.807) is 30.6 Å². The van der Waals surface area contributed by atoms with Crippen molar-refractivity contribution in [2.24, 2.45) is 0 Å². The Balaban J connectivity index is 0.00000158. The average Bonchev–Trinajstić information content (AvgIpc) is 3.27. The molecule has 0 radical (unpaired) electrons. The third kappa shape index (κ3) is 5.83. The molecule has 0 saturated heterocycles. The topological polar surface area (TPSA) is 111 Å². The first-order valence-electron chi connectivity index (χ1n) is 10.1. The van der Waals surface area contributed by atoms with Crippen LogP contribution in [0.2, 0.25) is 0 Å². The number of aromatic nitrogens is 6. The highest BCUT2D eigenvalue weighted by atomic mass is 32.2. The number of hydrogen-bond donors (Lipinski definition) is 2. The van der Waals surface area contributed by atoms with Crippen molar-refractivity contribution >= 4 is 17.9 Å². The number of nitrogens with zero attached hydrogens (tertiary/aromatic N) is 6. The van der Waals surface area contributed by atoms with Crippen LogP contribution in [0.4, 0.5) is 14.7 Å². The molecule has 0 spiro atoms. The number of nitrogens with one attached hydrogen (secondary N) is 1. The molecule has 3 aromatic heterocycles. The number of ether oxygens (including phenoxy) is 1. The maximum Gasteiger partial charge on any atom is 0.239 e. The maximum atomic E-state index is 14.7. The van der Waals surface area contributed by atoms with Gasteiger partial charge < -0.3 is 9.84 Å². The Morgan fingerprint density at radius 1 is 1.03 bits per heavy atom. The fraction of sp³-hybridized carbons (Fsp3) is 0.227. The van der Waals surface area contributed by atoms with Gasteiger partial charge in [0.25, 0.3) is 0 Å². The van der Waals surface area contributed by atoms with Gasteiger partial charge in [-0.3, -0.25) is 9.29 Å². The summed E-state index contributed by atoms with van der Waals surface area (Å²) in [7, 11) is 2.48. The van der Waals surface area contributed by atoms with Crippen LogP contribution in [-0.4, -0.2) is 54.8 Å². The molecular formula is C22H23F2N7O2S. The normalized spacial score (nSPS) is 10.4. The first-order chi connectivity index (χ1) is 16.6. The van der Waals surface area contributed by atoms with Crippen molar-refractivity contribution in [1.82, 2.24) is 29.7 Å².